The highest BCUT2D eigenvalue weighted by atomic mass is 35.5. The molecule has 0 aliphatic rings. The molecule has 0 atom stereocenters. The summed E-state index contributed by atoms with van der Waals surface area (Å²) in [5.74, 6) is 0.350. The average molecular weight is 427 g/mol. The summed E-state index contributed by atoms with van der Waals surface area (Å²) in [5.41, 5.74) is 1.92. The van der Waals surface area contributed by atoms with Crippen molar-refractivity contribution in [1.29, 1.82) is 0 Å². The summed E-state index contributed by atoms with van der Waals surface area (Å²) in [6, 6.07) is 12.4. The molecule has 0 saturated carbocycles. The molecule has 0 bridgehead atoms. The molecular weight excluding hydrogens is 404 g/mol. The third kappa shape index (κ3) is 6.24. The molecule has 0 aromatic heterocycles. The first-order chi connectivity index (χ1) is 12.7. The predicted octanol–water partition coefficient (Wildman–Crippen LogP) is 3.49. The van der Waals surface area contributed by atoms with Crippen LogP contribution in [0.5, 0.6) is 0 Å². The molecule has 1 N–H and O–H groups in total. The lowest BCUT2D eigenvalue weighted by atomic mass is 10.1. The number of hydrogen-bond donors (Lipinski definition) is 1. The summed E-state index contributed by atoms with van der Waals surface area (Å²) in [6.45, 7) is 4.01. The van der Waals surface area contributed by atoms with Gasteiger partial charge in [-0.25, -0.2) is 8.42 Å². The number of benzene rings is 2. The Balaban J connectivity index is 1.83. The zero-order valence-corrected chi connectivity index (χ0v) is 17.9. The minimum Gasteiger partial charge on any atom is -0.354 e. The highest BCUT2D eigenvalue weighted by Gasteiger charge is 2.23. The lowest BCUT2D eigenvalue weighted by Gasteiger charge is -2.17. The number of carbonyl (C=O) groups excluding carboxylic acids is 1. The Labute approximate surface area is 170 Å². The summed E-state index contributed by atoms with van der Waals surface area (Å²) in [5, 5.41) is 3.43. The molecule has 0 fully saturated rings. The van der Waals surface area contributed by atoms with Crippen molar-refractivity contribution >= 4 is 39.3 Å². The van der Waals surface area contributed by atoms with E-state index in [-0.39, 0.29) is 17.3 Å². The second kappa shape index (κ2) is 9.59. The number of aryl methyl sites for hydroxylation is 2. The Morgan fingerprint density at radius 1 is 1.11 bits per heavy atom. The van der Waals surface area contributed by atoms with E-state index >= 15 is 0 Å². The highest BCUT2D eigenvalue weighted by molar-refractivity contribution is 7.99. The number of nitrogens with zero attached hydrogens (tertiary/aromatic N) is 1. The van der Waals surface area contributed by atoms with Crippen molar-refractivity contribution in [3.8, 4) is 0 Å². The second-order valence-corrected chi connectivity index (χ2v) is 9.81. The van der Waals surface area contributed by atoms with Gasteiger partial charge >= 0.3 is 0 Å². The Kier molecular flexibility index (Phi) is 7.73. The maximum absolute atomic E-state index is 12.6. The van der Waals surface area contributed by atoms with Crippen LogP contribution < -0.4 is 5.32 Å². The first-order valence-corrected chi connectivity index (χ1v) is 11.2. The standard InChI is InChI=1S/C19H23ClN2O3S2/c1-14-4-9-18(12-15(14)2)27(24,25)22(3)13-19(23)21-10-11-26-17-7-5-16(20)6-8-17/h4-9,12H,10-11,13H2,1-3H3,(H,21,23). The number of rotatable bonds is 8. The summed E-state index contributed by atoms with van der Waals surface area (Å²) in [4.78, 5) is 13.3. The molecule has 2 aromatic rings. The molecule has 2 rings (SSSR count). The number of nitrogens with one attached hydrogen (secondary N) is 1. The molecule has 0 aliphatic carbocycles. The number of halogens is 1. The first kappa shape index (κ1) is 21.8. The zero-order chi connectivity index (χ0) is 20.0. The lowest BCUT2D eigenvalue weighted by molar-refractivity contribution is -0.121. The maximum atomic E-state index is 12.6. The van der Waals surface area contributed by atoms with Gasteiger partial charge in [-0.05, 0) is 61.4 Å². The van der Waals surface area contributed by atoms with Crippen LogP contribution >= 0.6 is 23.4 Å². The fourth-order valence-electron chi connectivity index (χ4n) is 2.29. The minimum absolute atomic E-state index is 0.194. The molecule has 0 saturated heterocycles. The Morgan fingerprint density at radius 2 is 1.78 bits per heavy atom. The number of thioether (sulfide) groups is 1. The maximum Gasteiger partial charge on any atom is 0.243 e. The molecule has 27 heavy (non-hydrogen) atoms. The Hall–Kier alpha value is -1.54. The van der Waals surface area contributed by atoms with Gasteiger partial charge in [0.2, 0.25) is 15.9 Å². The van der Waals surface area contributed by atoms with Gasteiger partial charge in [0.05, 0.1) is 11.4 Å². The van der Waals surface area contributed by atoms with Crippen molar-refractivity contribution < 1.29 is 13.2 Å². The van der Waals surface area contributed by atoms with E-state index in [0.29, 0.717) is 17.3 Å². The Morgan fingerprint density at radius 3 is 2.41 bits per heavy atom. The van der Waals surface area contributed by atoms with Gasteiger partial charge in [0.15, 0.2) is 0 Å². The van der Waals surface area contributed by atoms with Gasteiger partial charge in [-0.1, -0.05) is 17.7 Å². The zero-order valence-electron chi connectivity index (χ0n) is 15.5. The fraction of sp³-hybridized carbons (Fsp3) is 0.316. The SMILES string of the molecule is Cc1ccc(S(=O)(=O)N(C)CC(=O)NCCSc2ccc(Cl)cc2)cc1C. The normalized spacial score (nSPS) is 11.6. The van der Waals surface area contributed by atoms with Crippen LogP contribution in [0.4, 0.5) is 0 Å². The van der Waals surface area contributed by atoms with Gasteiger partial charge in [-0.15, -0.1) is 11.8 Å². The lowest BCUT2D eigenvalue weighted by Crippen LogP contribution is -2.39. The summed E-state index contributed by atoms with van der Waals surface area (Å²) in [6.07, 6.45) is 0. The van der Waals surface area contributed by atoms with Crippen molar-refractivity contribution in [2.45, 2.75) is 23.6 Å². The average Bonchev–Trinajstić information content (AvgIpc) is 2.62. The number of amides is 1. The van der Waals surface area contributed by atoms with Gasteiger partial charge in [0.1, 0.15) is 0 Å². The predicted molar refractivity (Wildman–Crippen MR) is 111 cm³/mol. The molecule has 0 aliphatic heterocycles. The van der Waals surface area contributed by atoms with Crippen LogP contribution in [0, 0.1) is 13.8 Å². The van der Waals surface area contributed by atoms with E-state index in [1.54, 1.807) is 30.0 Å². The van der Waals surface area contributed by atoms with E-state index in [9.17, 15) is 13.2 Å². The highest BCUT2D eigenvalue weighted by Crippen LogP contribution is 2.20. The van der Waals surface area contributed by atoms with Gasteiger partial charge in [0.25, 0.3) is 0 Å². The van der Waals surface area contributed by atoms with E-state index < -0.39 is 10.0 Å². The van der Waals surface area contributed by atoms with Crippen molar-refractivity contribution in [2.24, 2.45) is 0 Å². The summed E-state index contributed by atoms with van der Waals surface area (Å²) < 4.78 is 26.3. The first-order valence-electron chi connectivity index (χ1n) is 8.39. The van der Waals surface area contributed by atoms with Gasteiger partial charge < -0.3 is 5.32 Å². The molecule has 8 heteroatoms. The quantitative estimate of drug-likeness (QED) is 0.518. The topological polar surface area (TPSA) is 66.5 Å². The molecule has 2 aromatic carbocycles. The number of carbonyl (C=O) groups is 1. The third-order valence-corrected chi connectivity index (χ3v) is 7.12. The Bertz CT molecular complexity index is 900. The molecule has 0 spiro atoms. The van der Waals surface area contributed by atoms with E-state index in [0.717, 1.165) is 20.3 Å². The van der Waals surface area contributed by atoms with E-state index in [4.69, 9.17) is 11.6 Å². The van der Waals surface area contributed by atoms with E-state index in [2.05, 4.69) is 5.32 Å². The van der Waals surface area contributed by atoms with Crippen molar-refractivity contribution in [1.82, 2.24) is 9.62 Å². The molecular formula is C19H23ClN2O3S2. The second-order valence-electron chi connectivity index (χ2n) is 6.16. The molecule has 0 heterocycles. The molecule has 0 radical (unpaired) electrons. The number of hydrogen-bond acceptors (Lipinski definition) is 4. The van der Waals surface area contributed by atoms with Crippen LogP contribution in [0.15, 0.2) is 52.3 Å². The molecule has 146 valence electrons. The largest absolute Gasteiger partial charge is 0.354 e. The monoisotopic (exact) mass is 426 g/mol. The van der Waals surface area contributed by atoms with Crippen LogP contribution in [-0.2, 0) is 14.8 Å². The molecule has 5 nitrogen and oxygen atoms in total. The van der Waals surface area contributed by atoms with Crippen LogP contribution in [-0.4, -0.2) is 44.5 Å². The minimum atomic E-state index is -3.70. The number of sulfonamides is 1. The van der Waals surface area contributed by atoms with Crippen LogP contribution in [0.2, 0.25) is 5.02 Å². The van der Waals surface area contributed by atoms with Crippen LogP contribution in [0.25, 0.3) is 0 Å². The van der Waals surface area contributed by atoms with E-state index in [1.807, 2.05) is 38.1 Å². The van der Waals surface area contributed by atoms with Gasteiger partial charge in [-0.2, -0.15) is 4.31 Å². The smallest absolute Gasteiger partial charge is 0.243 e. The summed E-state index contributed by atoms with van der Waals surface area (Å²) in [7, 11) is -2.29. The van der Waals surface area contributed by atoms with Crippen molar-refractivity contribution in [3.63, 3.8) is 0 Å². The molecule has 1 amide bonds. The summed E-state index contributed by atoms with van der Waals surface area (Å²) >= 11 is 7.43. The third-order valence-electron chi connectivity index (χ3n) is 4.06. The van der Waals surface area contributed by atoms with E-state index in [1.165, 1.54) is 7.05 Å². The molecule has 0 unspecified atom stereocenters. The number of likely N-dealkylation sites (N-methyl/N-ethyl adjacent to an activating group) is 1. The van der Waals surface area contributed by atoms with Crippen molar-refractivity contribution in [3.05, 3.63) is 58.6 Å². The van der Waals surface area contributed by atoms with Crippen LogP contribution in [0.1, 0.15) is 11.1 Å². The van der Waals surface area contributed by atoms with Gasteiger partial charge in [0, 0.05) is 29.3 Å². The van der Waals surface area contributed by atoms with Gasteiger partial charge in [-0.3, -0.25) is 4.79 Å². The fourth-order valence-corrected chi connectivity index (χ4v) is 4.39. The van der Waals surface area contributed by atoms with Crippen molar-refractivity contribution in [2.75, 3.05) is 25.9 Å². The van der Waals surface area contributed by atoms with Crippen LogP contribution in [0.3, 0.4) is 0 Å².